The average molecular weight is 271 g/mol. The van der Waals surface area contributed by atoms with Gasteiger partial charge >= 0.3 is 0 Å². The molecule has 0 fully saturated rings. The van der Waals surface area contributed by atoms with Crippen molar-refractivity contribution >= 4 is 11.7 Å². The van der Waals surface area contributed by atoms with Gasteiger partial charge in [-0.05, 0) is 18.2 Å². The normalized spacial score (nSPS) is 16.1. The van der Waals surface area contributed by atoms with Gasteiger partial charge < -0.3 is 15.5 Å². The molecule has 1 aliphatic heterocycles. The molecule has 0 radical (unpaired) electrons. The molecule has 0 saturated heterocycles. The van der Waals surface area contributed by atoms with Gasteiger partial charge in [0.25, 0.3) is 5.91 Å². The van der Waals surface area contributed by atoms with Crippen LogP contribution in [0.3, 0.4) is 0 Å². The van der Waals surface area contributed by atoms with E-state index in [-0.39, 0.29) is 17.6 Å². The number of nitrogen functional groups attached to an aromatic ring is 1. The second-order valence-corrected chi connectivity index (χ2v) is 4.32. The van der Waals surface area contributed by atoms with E-state index in [1.807, 2.05) is 24.3 Å². The number of rotatable bonds is 3. The molecule has 2 aromatic rings. The Kier molecular flexibility index (Phi) is 3.18. The summed E-state index contributed by atoms with van der Waals surface area (Å²) in [6, 6.07) is 10.6. The molecule has 0 saturated carbocycles. The van der Waals surface area contributed by atoms with Crippen molar-refractivity contribution in [2.24, 2.45) is 5.84 Å². The first-order valence-electron chi connectivity index (χ1n) is 6.11. The van der Waals surface area contributed by atoms with E-state index in [9.17, 15) is 4.79 Å². The number of nitrogens with two attached hydrogens (primary N) is 1. The first-order valence-corrected chi connectivity index (χ1v) is 6.11. The van der Waals surface area contributed by atoms with E-state index in [2.05, 4.69) is 20.9 Å². The van der Waals surface area contributed by atoms with Crippen molar-refractivity contribution in [1.29, 1.82) is 0 Å². The van der Waals surface area contributed by atoms with Crippen molar-refractivity contribution in [2.75, 3.05) is 12.0 Å². The number of nitrogens with one attached hydrogen (secondary N) is 2. The first-order chi connectivity index (χ1) is 9.78. The molecule has 0 bridgehead atoms. The highest BCUT2D eigenvalue weighted by Crippen LogP contribution is 2.31. The number of nitrogens with zero attached hydrogens (tertiary/aromatic N) is 2. The van der Waals surface area contributed by atoms with Crippen molar-refractivity contribution in [3.63, 3.8) is 0 Å². The minimum absolute atomic E-state index is 0.173. The highest BCUT2D eigenvalue weighted by atomic mass is 16.5. The van der Waals surface area contributed by atoms with Crippen LogP contribution in [0.1, 0.15) is 22.1 Å². The molecular formula is C13H13N5O2. The zero-order chi connectivity index (χ0) is 13.9. The number of hydrogen-bond donors (Lipinski definition) is 3. The molecule has 7 nitrogen and oxygen atoms in total. The van der Waals surface area contributed by atoms with Gasteiger partial charge in [0, 0.05) is 5.56 Å². The van der Waals surface area contributed by atoms with Gasteiger partial charge in [0.05, 0.1) is 6.04 Å². The Bertz CT molecular complexity index is 629. The molecular weight excluding hydrogens is 258 g/mol. The van der Waals surface area contributed by atoms with E-state index in [1.54, 1.807) is 12.1 Å². The predicted octanol–water partition coefficient (Wildman–Crippen LogP) is 0.626. The second kappa shape index (κ2) is 5.14. The molecule has 1 unspecified atom stereocenters. The maximum Gasteiger partial charge on any atom is 0.272 e. The fourth-order valence-electron chi connectivity index (χ4n) is 2.04. The molecule has 1 atom stereocenters. The molecule has 102 valence electrons. The number of amides is 1. The molecule has 20 heavy (non-hydrogen) atoms. The van der Waals surface area contributed by atoms with Crippen LogP contribution in [0.25, 0.3) is 0 Å². The maximum atomic E-state index is 12.1. The Balaban J connectivity index is 1.73. The number of anilines is 1. The lowest BCUT2D eigenvalue weighted by Crippen LogP contribution is -2.30. The van der Waals surface area contributed by atoms with Crippen LogP contribution in [0.15, 0.2) is 36.4 Å². The number of aromatic nitrogens is 2. The Hall–Kier alpha value is -2.67. The van der Waals surface area contributed by atoms with E-state index in [4.69, 9.17) is 10.6 Å². The maximum absolute atomic E-state index is 12.1. The van der Waals surface area contributed by atoms with Crippen molar-refractivity contribution in [2.45, 2.75) is 6.04 Å². The van der Waals surface area contributed by atoms with Crippen LogP contribution in [0.4, 0.5) is 5.82 Å². The van der Waals surface area contributed by atoms with Crippen molar-refractivity contribution in [3.8, 4) is 5.75 Å². The highest BCUT2D eigenvalue weighted by Gasteiger charge is 2.25. The summed E-state index contributed by atoms with van der Waals surface area (Å²) in [5, 5.41) is 10.4. The number of ether oxygens (including phenoxy) is 1. The minimum atomic E-state index is -0.300. The summed E-state index contributed by atoms with van der Waals surface area (Å²) in [5.74, 6) is 6.09. The summed E-state index contributed by atoms with van der Waals surface area (Å²) < 4.78 is 5.51. The molecule has 1 amide bonds. The second-order valence-electron chi connectivity index (χ2n) is 4.32. The minimum Gasteiger partial charge on any atom is -0.491 e. The summed E-state index contributed by atoms with van der Waals surface area (Å²) in [6.07, 6.45) is 0. The van der Waals surface area contributed by atoms with Gasteiger partial charge in [-0.15, -0.1) is 10.2 Å². The van der Waals surface area contributed by atoms with Gasteiger partial charge in [-0.1, -0.05) is 18.2 Å². The SMILES string of the molecule is NNc1ccc(C(=O)NC2COc3ccccc32)nn1. The largest absolute Gasteiger partial charge is 0.491 e. The molecule has 3 rings (SSSR count). The van der Waals surface area contributed by atoms with Gasteiger partial charge in [0.1, 0.15) is 12.4 Å². The van der Waals surface area contributed by atoms with E-state index >= 15 is 0 Å². The molecule has 7 heteroatoms. The molecule has 0 aliphatic carbocycles. The number of fused-ring (bicyclic) bond motifs is 1. The summed E-state index contributed by atoms with van der Waals surface area (Å²) in [4.78, 5) is 12.1. The molecule has 1 aromatic heterocycles. The van der Waals surface area contributed by atoms with Crippen LogP contribution >= 0.6 is 0 Å². The van der Waals surface area contributed by atoms with Crippen molar-refractivity contribution in [1.82, 2.24) is 15.5 Å². The molecule has 4 N–H and O–H groups in total. The number of carbonyl (C=O) groups excluding carboxylic acids is 1. The number of para-hydroxylation sites is 1. The van der Waals surface area contributed by atoms with Crippen LogP contribution in [0.2, 0.25) is 0 Å². The van der Waals surface area contributed by atoms with Crippen LogP contribution < -0.4 is 21.3 Å². The third kappa shape index (κ3) is 2.26. The summed E-state index contributed by atoms with van der Waals surface area (Å²) in [6.45, 7) is 0.418. The molecule has 2 heterocycles. The summed E-state index contributed by atoms with van der Waals surface area (Å²) >= 11 is 0. The predicted molar refractivity (Wildman–Crippen MR) is 72.0 cm³/mol. The van der Waals surface area contributed by atoms with E-state index in [0.717, 1.165) is 11.3 Å². The first kappa shape index (κ1) is 12.4. The smallest absolute Gasteiger partial charge is 0.272 e. The van der Waals surface area contributed by atoms with Gasteiger partial charge in [-0.2, -0.15) is 0 Å². The fraction of sp³-hybridized carbons (Fsp3) is 0.154. The van der Waals surface area contributed by atoms with Crippen molar-refractivity contribution < 1.29 is 9.53 Å². The van der Waals surface area contributed by atoms with Crippen molar-refractivity contribution in [3.05, 3.63) is 47.7 Å². The lowest BCUT2D eigenvalue weighted by atomic mass is 10.1. The Morgan fingerprint density at radius 2 is 2.10 bits per heavy atom. The van der Waals surface area contributed by atoms with Crippen LogP contribution in [-0.4, -0.2) is 22.7 Å². The zero-order valence-electron chi connectivity index (χ0n) is 10.5. The lowest BCUT2D eigenvalue weighted by Gasteiger charge is -2.11. The quantitative estimate of drug-likeness (QED) is 0.559. The average Bonchev–Trinajstić information content (AvgIpc) is 2.91. The molecule has 1 aromatic carbocycles. The lowest BCUT2D eigenvalue weighted by molar-refractivity contribution is 0.0924. The van der Waals surface area contributed by atoms with Gasteiger partial charge in [0.15, 0.2) is 11.5 Å². The van der Waals surface area contributed by atoms with E-state index < -0.39 is 0 Å². The third-order valence-electron chi connectivity index (χ3n) is 3.05. The standard InChI is InChI=1S/C13H13N5O2/c14-16-12-6-5-9(17-18-12)13(19)15-10-7-20-11-4-2-1-3-8(10)11/h1-6,10H,7,14H2,(H,15,19)(H,16,18). The van der Waals surface area contributed by atoms with Crippen LogP contribution in [0, 0.1) is 0 Å². The van der Waals surface area contributed by atoms with E-state index in [0.29, 0.717) is 12.4 Å². The fourth-order valence-corrected chi connectivity index (χ4v) is 2.04. The number of benzene rings is 1. The Labute approximate surface area is 115 Å². The topological polar surface area (TPSA) is 102 Å². The Morgan fingerprint density at radius 3 is 2.85 bits per heavy atom. The Morgan fingerprint density at radius 1 is 1.25 bits per heavy atom. The monoisotopic (exact) mass is 271 g/mol. The zero-order valence-corrected chi connectivity index (χ0v) is 10.5. The third-order valence-corrected chi connectivity index (χ3v) is 3.05. The van der Waals surface area contributed by atoms with Gasteiger partial charge in [-0.25, -0.2) is 5.84 Å². The van der Waals surface area contributed by atoms with E-state index in [1.165, 1.54) is 0 Å². The number of hydrazine groups is 1. The van der Waals surface area contributed by atoms with Crippen LogP contribution in [-0.2, 0) is 0 Å². The molecule has 0 spiro atoms. The van der Waals surface area contributed by atoms with Gasteiger partial charge in [0.2, 0.25) is 0 Å². The number of carbonyl (C=O) groups is 1. The summed E-state index contributed by atoms with van der Waals surface area (Å²) in [5.41, 5.74) is 3.55. The van der Waals surface area contributed by atoms with Crippen LogP contribution in [0.5, 0.6) is 5.75 Å². The van der Waals surface area contributed by atoms with Gasteiger partial charge in [-0.3, -0.25) is 4.79 Å². The molecule has 1 aliphatic rings. The highest BCUT2D eigenvalue weighted by molar-refractivity contribution is 5.92. The number of hydrogen-bond acceptors (Lipinski definition) is 6. The summed E-state index contributed by atoms with van der Waals surface area (Å²) in [7, 11) is 0.